The third-order valence-corrected chi connectivity index (χ3v) is 4.25. The summed E-state index contributed by atoms with van der Waals surface area (Å²) in [7, 11) is 0. The number of thioether (sulfide) groups is 1. The fourth-order valence-corrected chi connectivity index (χ4v) is 3.07. The number of pyridine rings is 1. The van der Waals surface area contributed by atoms with Gasteiger partial charge in [-0.3, -0.25) is 9.59 Å². The molecule has 1 aromatic carbocycles. The smallest absolute Gasteiger partial charge is 0.244 e. The molecule has 3 rings (SSSR count). The number of aromatic nitrogens is 1. The van der Waals surface area contributed by atoms with Crippen molar-refractivity contribution in [2.24, 2.45) is 0 Å². The van der Waals surface area contributed by atoms with Crippen molar-refractivity contribution in [2.75, 3.05) is 23.5 Å². The summed E-state index contributed by atoms with van der Waals surface area (Å²) in [6, 6.07) is 12.8. The maximum atomic E-state index is 12.0. The van der Waals surface area contributed by atoms with Crippen molar-refractivity contribution in [2.45, 2.75) is 0 Å². The molecule has 1 N–H and O–H groups in total. The number of hydrogen-bond acceptors (Lipinski definition) is 4. The SMILES string of the molecule is O=C(CN1CSCC1=O)Nc1cccc(C#Cc2ccccn2)c1. The predicted molar refractivity (Wildman–Crippen MR) is 94.3 cm³/mol. The van der Waals surface area contributed by atoms with Crippen molar-refractivity contribution in [3.05, 3.63) is 59.9 Å². The Morgan fingerprint density at radius 3 is 2.92 bits per heavy atom. The lowest BCUT2D eigenvalue weighted by atomic mass is 10.2. The van der Waals surface area contributed by atoms with Gasteiger partial charge in [0.05, 0.1) is 11.6 Å². The van der Waals surface area contributed by atoms with E-state index in [2.05, 4.69) is 22.1 Å². The van der Waals surface area contributed by atoms with Crippen LogP contribution in [0.2, 0.25) is 0 Å². The maximum absolute atomic E-state index is 12.0. The highest BCUT2D eigenvalue weighted by molar-refractivity contribution is 8.00. The van der Waals surface area contributed by atoms with Crippen LogP contribution in [0.25, 0.3) is 0 Å². The molecule has 2 heterocycles. The van der Waals surface area contributed by atoms with Crippen LogP contribution in [0.5, 0.6) is 0 Å². The van der Waals surface area contributed by atoms with Crippen LogP contribution in [0.4, 0.5) is 5.69 Å². The Hall–Kier alpha value is -2.78. The number of carbonyl (C=O) groups excluding carboxylic acids is 2. The van der Waals surface area contributed by atoms with Gasteiger partial charge in [0.25, 0.3) is 0 Å². The molecule has 1 aliphatic heterocycles. The van der Waals surface area contributed by atoms with Crippen molar-refractivity contribution >= 4 is 29.3 Å². The van der Waals surface area contributed by atoms with Crippen molar-refractivity contribution in [3.8, 4) is 11.8 Å². The lowest BCUT2D eigenvalue weighted by Crippen LogP contribution is -2.34. The van der Waals surface area contributed by atoms with Gasteiger partial charge in [-0.1, -0.05) is 18.1 Å². The average Bonchev–Trinajstić information content (AvgIpc) is 2.99. The monoisotopic (exact) mass is 337 g/mol. The Morgan fingerprint density at radius 1 is 1.25 bits per heavy atom. The molecule has 1 aromatic heterocycles. The molecule has 5 nitrogen and oxygen atoms in total. The molecule has 120 valence electrons. The van der Waals surface area contributed by atoms with Crippen molar-refractivity contribution in [3.63, 3.8) is 0 Å². The predicted octanol–water partition coefficient (Wildman–Crippen LogP) is 1.95. The minimum absolute atomic E-state index is 0.00475. The fraction of sp³-hybridized carbons (Fsp3) is 0.167. The zero-order valence-corrected chi connectivity index (χ0v) is 13.7. The quantitative estimate of drug-likeness (QED) is 0.870. The molecule has 2 amide bonds. The summed E-state index contributed by atoms with van der Waals surface area (Å²) in [6.07, 6.45) is 1.69. The molecule has 1 aliphatic rings. The van der Waals surface area contributed by atoms with E-state index < -0.39 is 0 Å². The second-order valence-electron chi connectivity index (χ2n) is 5.16. The number of amides is 2. The standard InChI is InChI=1S/C18H15N3O2S/c22-17(11-21-13-24-12-18(21)23)20-16-6-3-4-14(10-16)7-8-15-5-1-2-9-19-15/h1-6,9-10H,11-13H2,(H,20,22). The van der Waals surface area contributed by atoms with Crippen LogP contribution in [-0.4, -0.2) is 39.9 Å². The Labute approximate surface area is 144 Å². The maximum Gasteiger partial charge on any atom is 0.244 e. The second kappa shape index (κ2) is 7.66. The number of rotatable bonds is 3. The first-order valence-electron chi connectivity index (χ1n) is 7.39. The van der Waals surface area contributed by atoms with E-state index in [0.29, 0.717) is 23.0 Å². The van der Waals surface area contributed by atoms with Gasteiger partial charge in [-0.25, -0.2) is 4.98 Å². The zero-order chi connectivity index (χ0) is 16.8. The highest BCUT2D eigenvalue weighted by Gasteiger charge is 2.22. The fourth-order valence-electron chi connectivity index (χ4n) is 2.16. The topological polar surface area (TPSA) is 62.3 Å². The molecule has 6 heteroatoms. The van der Waals surface area contributed by atoms with Gasteiger partial charge in [0.1, 0.15) is 12.2 Å². The van der Waals surface area contributed by atoms with E-state index in [9.17, 15) is 9.59 Å². The van der Waals surface area contributed by atoms with Crippen LogP contribution >= 0.6 is 11.8 Å². The third-order valence-electron chi connectivity index (χ3n) is 3.31. The molecular weight excluding hydrogens is 322 g/mol. The van der Waals surface area contributed by atoms with Crippen molar-refractivity contribution < 1.29 is 9.59 Å². The number of hydrogen-bond donors (Lipinski definition) is 1. The Bertz CT molecular complexity index is 812. The first kappa shape index (κ1) is 16.1. The van der Waals surface area contributed by atoms with Gasteiger partial charge in [0.15, 0.2) is 0 Å². The van der Waals surface area contributed by atoms with Gasteiger partial charge in [-0.15, -0.1) is 11.8 Å². The summed E-state index contributed by atoms with van der Waals surface area (Å²) in [5, 5.41) is 2.80. The molecule has 0 atom stereocenters. The van der Waals surface area contributed by atoms with Crippen molar-refractivity contribution in [1.29, 1.82) is 0 Å². The van der Waals surface area contributed by atoms with Gasteiger partial charge in [0.2, 0.25) is 11.8 Å². The average molecular weight is 337 g/mol. The van der Waals surface area contributed by atoms with Gasteiger partial charge in [0, 0.05) is 17.4 Å². The summed E-state index contributed by atoms with van der Waals surface area (Å²) in [5.74, 6) is 6.82. The van der Waals surface area contributed by atoms with E-state index in [1.165, 1.54) is 11.8 Å². The number of nitrogens with zero attached hydrogens (tertiary/aromatic N) is 2. The summed E-state index contributed by atoms with van der Waals surface area (Å²) in [6.45, 7) is 0.0790. The van der Waals surface area contributed by atoms with E-state index in [1.54, 1.807) is 23.2 Å². The molecular formula is C18H15N3O2S. The van der Waals surface area contributed by atoms with E-state index in [-0.39, 0.29) is 18.4 Å². The van der Waals surface area contributed by atoms with Gasteiger partial charge in [-0.2, -0.15) is 0 Å². The molecule has 0 bridgehead atoms. The molecule has 0 radical (unpaired) electrons. The van der Waals surface area contributed by atoms with Gasteiger partial charge < -0.3 is 10.2 Å². The van der Waals surface area contributed by atoms with Crippen LogP contribution in [0, 0.1) is 11.8 Å². The number of carbonyl (C=O) groups is 2. The summed E-state index contributed by atoms with van der Waals surface area (Å²) < 4.78 is 0. The molecule has 1 saturated heterocycles. The Morgan fingerprint density at radius 2 is 2.17 bits per heavy atom. The molecule has 24 heavy (non-hydrogen) atoms. The van der Waals surface area contributed by atoms with E-state index >= 15 is 0 Å². The first-order valence-corrected chi connectivity index (χ1v) is 8.55. The minimum Gasteiger partial charge on any atom is -0.325 e. The summed E-state index contributed by atoms with van der Waals surface area (Å²) >= 11 is 1.52. The van der Waals surface area contributed by atoms with Crippen molar-refractivity contribution in [1.82, 2.24) is 9.88 Å². The number of anilines is 1. The van der Waals surface area contributed by atoms with Crippen LogP contribution in [0.1, 0.15) is 11.3 Å². The minimum atomic E-state index is -0.208. The van der Waals surface area contributed by atoms with Crippen LogP contribution in [0.3, 0.4) is 0 Å². The largest absolute Gasteiger partial charge is 0.325 e. The third kappa shape index (κ3) is 4.37. The van der Waals surface area contributed by atoms with Crippen LogP contribution in [0.15, 0.2) is 48.7 Å². The molecule has 0 saturated carbocycles. The number of benzene rings is 1. The summed E-state index contributed by atoms with van der Waals surface area (Å²) in [4.78, 5) is 29.3. The molecule has 0 unspecified atom stereocenters. The highest BCUT2D eigenvalue weighted by atomic mass is 32.2. The highest BCUT2D eigenvalue weighted by Crippen LogP contribution is 2.15. The van der Waals surface area contributed by atoms with Gasteiger partial charge in [-0.05, 0) is 36.3 Å². The van der Waals surface area contributed by atoms with Gasteiger partial charge >= 0.3 is 0 Å². The van der Waals surface area contributed by atoms with Crippen LogP contribution < -0.4 is 5.32 Å². The van der Waals surface area contributed by atoms with E-state index in [0.717, 1.165) is 5.56 Å². The van der Waals surface area contributed by atoms with E-state index in [4.69, 9.17) is 0 Å². The summed E-state index contributed by atoms with van der Waals surface area (Å²) in [5.41, 5.74) is 2.13. The molecule has 1 fully saturated rings. The molecule has 0 aliphatic carbocycles. The lowest BCUT2D eigenvalue weighted by molar-refractivity contribution is -0.130. The molecule has 2 aromatic rings. The second-order valence-corrected chi connectivity index (χ2v) is 6.12. The lowest BCUT2D eigenvalue weighted by Gasteiger charge is -2.14. The normalized spacial score (nSPS) is 13.3. The van der Waals surface area contributed by atoms with E-state index in [1.807, 2.05) is 30.3 Å². The first-order chi connectivity index (χ1) is 11.7. The van der Waals surface area contributed by atoms with Crippen LogP contribution in [-0.2, 0) is 9.59 Å². The Balaban J connectivity index is 1.64. The zero-order valence-electron chi connectivity index (χ0n) is 12.9. The molecule has 0 spiro atoms. The Kier molecular flexibility index (Phi) is 5.14. The number of nitrogens with one attached hydrogen (secondary N) is 1.